The Kier molecular flexibility index (Phi) is 4.45. The van der Waals surface area contributed by atoms with Crippen molar-refractivity contribution in [3.05, 3.63) is 30.3 Å². The van der Waals surface area contributed by atoms with E-state index in [1.165, 1.54) is 10.7 Å². The van der Waals surface area contributed by atoms with E-state index < -0.39 is 16.2 Å². The molecule has 1 aromatic rings. The molecule has 25 heavy (non-hydrogen) atoms. The van der Waals surface area contributed by atoms with Gasteiger partial charge in [-0.15, -0.1) is 0 Å². The molecule has 3 fully saturated rings. The van der Waals surface area contributed by atoms with Crippen LogP contribution in [-0.4, -0.2) is 54.2 Å². The van der Waals surface area contributed by atoms with Crippen LogP contribution in [0.1, 0.15) is 25.7 Å². The average molecular weight is 382 g/mol. The summed E-state index contributed by atoms with van der Waals surface area (Å²) in [6.45, 7) is 0. The molecule has 1 aromatic carbocycles. The number of piperazine rings is 1. The SMILES string of the molecule is CN(C1NC2CCCCC2N2C(=S)NNC12)S(=O)(=O)c1ccccc1. The van der Waals surface area contributed by atoms with Crippen LogP contribution >= 0.6 is 12.2 Å². The van der Waals surface area contributed by atoms with Crippen molar-refractivity contribution in [1.29, 1.82) is 0 Å². The smallest absolute Gasteiger partial charge is 0.244 e. The molecular weight excluding hydrogens is 358 g/mol. The van der Waals surface area contributed by atoms with E-state index in [1.807, 2.05) is 6.07 Å². The Morgan fingerprint density at radius 1 is 1.20 bits per heavy atom. The molecule has 2 saturated heterocycles. The molecule has 9 heteroatoms. The quantitative estimate of drug-likeness (QED) is 0.661. The Bertz CT molecular complexity index is 757. The van der Waals surface area contributed by atoms with Gasteiger partial charge in [-0.25, -0.2) is 13.8 Å². The van der Waals surface area contributed by atoms with Gasteiger partial charge in [-0.1, -0.05) is 31.0 Å². The standard InChI is InChI=1S/C16H23N5O2S2/c1-20(25(22,23)11-7-3-2-4-8-11)14-15-18-19-16(24)21(15)13-10-6-5-9-12(13)17-14/h2-4,7-8,12-15,17-18H,5-6,9-10H2,1H3,(H,19,24). The molecule has 7 nitrogen and oxygen atoms in total. The summed E-state index contributed by atoms with van der Waals surface area (Å²) in [6.07, 6.45) is 3.80. The molecular formula is C16H23N5O2S2. The molecule has 0 bridgehead atoms. The zero-order chi connectivity index (χ0) is 17.6. The molecule has 4 rings (SSSR count). The number of hydrogen-bond donors (Lipinski definition) is 3. The number of sulfonamides is 1. The highest BCUT2D eigenvalue weighted by atomic mass is 32.2. The fourth-order valence-electron chi connectivity index (χ4n) is 4.15. The van der Waals surface area contributed by atoms with Gasteiger partial charge >= 0.3 is 0 Å². The second kappa shape index (κ2) is 6.48. The van der Waals surface area contributed by atoms with Crippen LogP contribution in [0.5, 0.6) is 0 Å². The number of benzene rings is 1. The van der Waals surface area contributed by atoms with E-state index in [0.29, 0.717) is 16.0 Å². The van der Waals surface area contributed by atoms with Gasteiger partial charge in [0.25, 0.3) is 0 Å². The Morgan fingerprint density at radius 3 is 2.68 bits per heavy atom. The van der Waals surface area contributed by atoms with Crippen LogP contribution < -0.4 is 16.2 Å². The molecule has 2 heterocycles. The maximum atomic E-state index is 13.0. The molecule has 4 unspecified atom stereocenters. The summed E-state index contributed by atoms with van der Waals surface area (Å²) in [5.41, 5.74) is 6.18. The number of hydrazine groups is 1. The number of nitrogens with zero attached hydrogens (tertiary/aromatic N) is 2. The Morgan fingerprint density at radius 2 is 1.92 bits per heavy atom. The van der Waals surface area contributed by atoms with Crippen LogP contribution in [-0.2, 0) is 10.0 Å². The lowest BCUT2D eigenvalue weighted by Crippen LogP contribution is -2.72. The number of likely N-dealkylation sites (N-methyl/N-ethyl adjacent to an activating group) is 1. The molecule has 3 N–H and O–H groups in total. The predicted molar refractivity (Wildman–Crippen MR) is 98.9 cm³/mol. The number of hydrogen-bond acceptors (Lipinski definition) is 5. The molecule has 1 aliphatic carbocycles. The van der Waals surface area contributed by atoms with Crippen LogP contribution in [0.15, 0.2) is 35.2 Å². The number of rotatable bonds is 3. The maximum absolute atomic E-state index is 13.0. The van der Waals surface area contributed by atoms with E-state index in [9.17, 15) is 8.42 Å². The van der Waals surface area contributed by atoms with Crippen molar-refractivity contribution in [3.63, 3.8) is 0 Å². The first-order chi connectivity index (χ1) is 12.0. The molecule has 0 spiro atoms. The summed E-state index contributed by atoms with van der Waals surface area (Å²) in [7, 11) is -1.97. The highest BCUT2D eigenvalue weighted by molar-refractivity contribution is 7.89. The van der Waals surface area contributed by atoms with Gasteiger partial charge in [-0.3, -0.25) is 10.7 Å². The largest absolute Gasteiger partial charge is 0.324 e. The third-order valence-electron chi connectivity index (χ3n) is 5.44. The van der Waals surface area contributed by atoms with E-state index in [1.54, 1.807) is 31.3 Å². The highest BCUT2D eigenvalue weighted by Crippen LogP contribution is 2.32. The van der Waals surface area contributed by atoms with Crippen molar-refractivity contribution >= 4 is 27.4 Å². The molecule has 136 valence electrons. The number of nitrogens with one attached hydrogen (secondary N) is 3. The third-order valence-corrected chi connectivity index (χ3v) is 7.61. The van der Waals surface area contributed by atoms with Crippen molar-refractivity contribution in [2.45, 2.75) is 55.0 Å². The second-order valence-corrected chi connectivity index (χ2v) is 9.21. The molecule has 0 aromatic heterocycles. The normalized spacial score (nSPS) is 32.2. The minimum Gasteiger partial charge on any atom is -0.324 e. The Hall–Kier alpha value is -1.26. The van der Waals surface area contributed by atoms with Crippen LogP contribution in [0.4, 0.5) is 0 Å². The summed E-state index contributed by atoms with van der Waals surface area (Å²) >= 11 is 5.47. The molecule has 0 amide bonds. The lowest BCUT2D eigenvalue weighted by molar-refractivity contribution is 0.0328. The van der Waals surface area contributed by atoms with Crippen molar-refractivity contribution in [2.75, 3.05) is 7.05 Å². The highest BCUT2D eigenvalue weighted by Gasteiger charge is 2.50. The van der Waals surface area contributed by atoms with Gasteiger partial charge < -0.3 is 4.90 Å². The minimum absolute atomic E-state index is 0.227. The topological polar surface area (TPSA) is 76.7 Å². The van der Waals surface area contributed by atoms with Crippen LogP contribution in [0.25, 0.3) is 0 Å². The van der Waals surface area contributed by atoms with Gasteiger partial charge in [0.2, 0.25) is 10.0 Å². The van der Waals surface area contributed by atoms with Gasteiger partial charge in [-0.2, -0.15) is 4.31 Å². The Balaban J connectivity index is 1.66. The van der Waals surface area contributed by atoms with Gasteiger partial charge in [-0.05, 0) is 37.2 Å². The van der Waals surface area contributed by atoms with E-state index in [4.69, 9.17) is 12.2 Å². The monoisotopic (exact) mass is 381 g/mol. The zero-order valence-electron chi connectivity index (χ0n) is 14.1. The van der Waals surface area contributed by atoms with Gasteiger partial charge in [0, 0.05) is 19.1 Å². The molecule has 4 atom stereocenters. The first kappa shape index (κ1) is 17.2. The lowest BCUT2D eigenvalue weighted by atomic mass is 9.87. The van der Waals surface area contributed by atoms with Crippen molar-refractivity contribution in [1.82, 2.24) is 25.4 Å². The van der Waals surface area contributed by atoms with Crippen molar-refractivity contribution in [3.8, 4) is 0 Å². The van der Waals surface area contributed by atoms with Crippen molar-refractivity contribution < 1.29 is 8.42 Å². The number of fused-ring (bicyclic) bond motifs is 3. The Labute approximate surface area is 153 Å². The van der Waals surface area contributed by atoms with E-state index in [2.05, 4.69) is 21.1 Å². The molecule has 0 radical (unpaired) electrons. The van der Waals surface area contributed by atoms with E-state index in [0.717, 1.165) is 19.3 Å². The summed E-state index contributed by atoms with van der Waals surface area (Å²) in [5.74, 6) is 0. The second-order valence-electron chi connectivity index (χ2n) is 6.83. The summed E-state index contributed by atoms with van der Waals surface area (Å²) in [5, 5.41) is 4.22. The fourth-order valence-corrected chi connectivity index (χ4v) is 5.76. The van der Waals surface area contributed by atoms with Gasteiger partial charge in [0.1, 0.15) is 12.3 Å². The summed E-state index contributed by atoms with van der Waals surface area (Å²) in [4.78, 5) is 2.45. The van der Waals surface area contributed by atoms with Crippen LogP contribution in [0, 0.1) is 0 Å². The van der Waals surface area contributed by atoms with Gasteiger partial charge in [0.15, 0.2) is 5.11 Å². The number of thiocarbonyl (C=S) groups is 1. The molecule has 3 aliphatic rings. The van der Waals surface area contributed by atoms with Crippen LogP contribution in [0.3, 0.4) is 0 Å². The van der Waals surface area contributed by atoms with E-state index in [-0.39, 0.29) is 12.2 Å². The minimum atomic E-state index is -3.60. The average Bonchev–Trinajstić information content (AvgIpc) is 3.03. The lowest BCUT2D eigenvalue weighted by Gasteiger charge is -2.51. The first-order valence-electron chi connectivity index (χ1n) is 8.63. The molecule has 2 aliphatic heterocycles. The van der Waals surface area contributed by atoms with Crippen molar-refractivity contribution in [2.24, 2.45) is 0 Å². The fraction of sp³-hybridized carbons (Fsp3) is 0.562. The summed E-state index contributed by atoms with van der Waals surface area (Å²) in [6, 6.07) is 9.08. The zero-order valence-corrected chi connectivity index (χ0v) is 15.7. The molecule has 1 saturated carbocycles. The maximum Gasteiger partial charge on any atom is 0.244 e. The first-order valence-corrected chi connectivity index (χ1v) is 10.5. The third kappa shape index (κ3) is 2.83. The summed E-state index contributed by atoms with van der Waals surface area (Å²) < 4.78 is 27.5. The van der Waals surface area contributed by atoms with Crippen LogP contribution in [0.2, 0.25) is 0 Å². The van der Waals surface area contributed by atoms with Gasteiger partial charge in [0.05, 0.1) is 4.90 Å². The van der Waals surface area contributed by atoms with E-state index >= 15 is 0 Å². The predicted octanol–water partition coefficient (Wildman–Crippen LogP) is 0.568.